The van der Waals surface area contributed by atoms with E-state index in [1.54, 1.807) is 11.3 Å². The number of thiophene rings is 1. The van der Waals surface area contributed by atoms with E-state index in [2.05, 4.69) is 26.7 Å². The summed E-state index contributed by atoms with van der Waals surface area (Å²) in [7, 11) is 1.87. The normalized spacial score (nSPS) is 10.3. The van der Waals surface area contributed by atoms with E-state index in [0.717, 1.165) is 28.5 Å². The first-order chi connectivity index (χ1) is 7.22. The Morgan fingerprint density at radius 2 is 1.93 bits per heavy atom. The van der Waals surface area contributed by atoms with Crippen LogP contribution in [-0.2, 0) is 0 Å². The van der Waals surface area contributed by atoms with Gasteiger partial charge in [-0.1, -0.05) is 0 Å². The zero-order valence-electron chi connectivity index (χ0n) is 9.03. The lowest BCUT2D eigenvalue weighted by Gasteiger charge is -2.08. The topological polar surface area (TPSA) is 37.8 Å². The molecule has 4 heteroatoms. The Kier molecular flexibility index (Phi) is 2.68. The summed E-state index contributed by atoms with van der Waals surface area (Å²) >= 11 is 1.67. The van der Waals surface area contributed by atoms with Crippen molar-refractivity contribution in [3.63, 3.8) is 0 Å². The number of aryl methyl sites for hydroxylation is 2. The van der Waals surface area contributed by atoms with Crippen molar-refractivity contribution < 1.29 is 0 Å². The molecule has 2 rings (SSSR count). The van der Waals surface area contributed by atoms with Gasteiger partial charge < -0.3 is 5.32 Å². The molecule has 0 radical (unpaired) electrons. The molecule has 0 aliphatic rings. The van der Waals surface area contributed by atoms with Crippen molar-refractivity contribution >= 4 is 17.2 Å². The third-order valence-corrected chi connectivity index (χ3v) is 3.02. The van der Waals surface area contributed by atoms with E-state index in [1.807, 2.05) is 26.3 Å². The summed E-state index contributed by atoms with van der Waals surface area (Å²) in [6, 6.07) is 2.06. The number of nitrogens with zero attached hydrogens (tertiary/aromatic N) is 2. The molecule has 2 aromatic rings. The lowest BCUT2D eigenvalue weighted by molar-refractivity contribution is 1.05. The summed E-state index contributed by atoms with van der Waals surface area (Å²) in [5.41, 5.74) is 4.01. The molecular formula is C11H13N3S. The third kappa shape index (κ3) is 1.85. The Hall–Kier alpha value is -1.42. The molecule has 0 saturated heterocycles. The minimum atomic E-state index is 0.844. The molecule has 3 nitrogen and oxygen atoms in total. The molecule has 0 aliphatic carbocycles. The second-order valence-electron chi connectivity index (χ2n) is 3.35. The summed E-state index contributed by atoms with van der Waals surface area (Å²) in [5, 5.41) is 7.21. The predicted molar refractivity (Wildman–Crippen MR) is 64.4 cm³/mol. The lowest BCUT2D eigenvalue weighted by Crippen LogP contribution is -2.02. The standard InChI is InChI=1S/C11H13N3S/c1-7-8(2)14-11(12-3)10(13-7)9-4-5-15-6-9/h4-6H,1-3H3,(H,12,14). The van der Waals surface area contributed by atoms with E-state index in [-0.39, 0.29) is 0 Å². The summed E-state index contributed by atoms with van der Waals surface area (Å²) in [4.78, 5) is 9.05. The predicted octanol–water partition coefficient (Wildman–Crippen LogP) is 2.86. The van der Waals surface area contributed by atoms with Gasteiger partial charge in [0.2, 0.25) is 0 Å². The van der Waals surface area contributed by atoms with Crippen LogP contribution in [0.5, 0.6) is 0 Å². The molecule has 15 heavy (non-hydrogen) atoms. The van der Waals surface area contributed by atoms with Gasteiger partial charge in [-0.05, 0) is 25.3 Å². The van der Waals surface area contributed by atoms with Crippen LogP contribution in [-0.4, -0.2) is 17.0 Å². The Balaban J connectivity index is 2.60. The van der Waals surface area contributed by atoms with Crippen LogP contribution in [0, 0.1) is 13.8 Å². The van der Waals surface area contributed by atoms with Gasteiger partial charge in [-0.2, -0.15) is 11.3 Å². The molecule has 0 saturated carbocycles. The zero-order chi connectivity index (χ0) is 10.8. The Bertz CT molecular complexity index is 463. The van der Waals surface area contributed by atoms with Gasteiger partial charge in [0.1, 0.15) is 5.69 Å². The largest absolute Gasteiger partial charge is 0.371 e. The van der Waals surface area contributed by atoms with E-state index in [4.69, 9.17) is 0 Å². The summed E-state index contributed by atoms with van der Waals surface area (Å²) in [6.45, 7) is 3.96. The van der Waals surface area contributed by atoms with Crippen molar-refractivity contribution in [1.29, 1.82) is 0 Å². The molecule has 0 atom stereocenters. The maximum atomic E-state index is 4.57. The fourth-order valence-corrected chi connectivity index (χ4v) is 2.02. The third-order valence-electron chi connectivity index (χ3n) is 2.34. The second-order valence-corrected chi connectivity index (χ2v) is 4.13. The van der Waals surface area contributed by atoms with Gasteiger partial charge in [0.05, 0.1) is 11.4 Å². The molecule has 0 bridgehead atoms. The van der Waals surface area contributed by atoms with Crippen LogP contribution in [0.25, 0.3) is 11.3 Å². The maximum Gasteiger partial charge on any atom is 0.152 e. The monoisotopic (exact) mass is 219 g/mol. The molecule has 0 aromatic carbocycles. The van der Waals surface area contributed by atoms with Gasteiger partial charge in [-0.25, -0.2) is 9.97 Å². The smallest absolute Gasteiger partial charge is 0.152 e. The van der Waals surface area contributed by atoms with E-state index < -0.39 is 0 Å². The van der Waals surface area contributed by atoms with Crippen molar-refractivity contribution in [2.24, 2.45) is 0 Å². The molecule has 0 spiro atoms. The van der Waals surface area contributed by atoms with E-state index in [9.17, 15) is 0 Å². The van der Waals surface area contributed by atoms with Gasteiger partial charge in [0.15, 0.2) is 5.82 Å². The lowest BCUT2D eigenvalue weighted by atomic mass is 10.2. The van der Waals surface area contributed by atoms with Crippen LogP contribution in [0.1, 0.15) is 11.4 Å². The molecule has 0 unspecified atom stereocenters. The van der Waals surface area contributed by atoms with Crippen LogP contribution in [0.4, 0.5) is 5.82 Å². The molecule has 2 heterocycles. The van der Waals surface area contributed by atoms with Crippen LogP contribution in [0.3, 0.4) is 0 Å². The van der Waals surface area contributed by atoms with Crippen molar-refractivity contribution in [1.82, 2.24) is 9.97 Å². The van der Waals surface area contributed by atoms with Crippen LogP contribution in [0.2, 0.25) is 0 Å². The van der Waals surface area contributed by atoms with Gasteiger partial charge in [0.25, 0.3) is 0 Å². The molecule has 0 fully saturated rings. The quantitative estimate of drug-likeness (QED) is 0.844. The first kappa shape index (κ1) is 10.1. The molecule has 2 aromatic heterocycles. The SMILES string of the molecule is CNc1nc(C)c(C)nc1-c1ccsc1. The summed E-state index contributed by atoms with van der Waals surface area (Å²) < 4.78 is 0. The first-order valence-electron chi connectivity index (χ1n) is 4.78. The number of hydrogen-bond donors (Lipinski definition) is 1. The van der Waals surface area contributed by atoms with Gasteiger partial charge in [-0.15, -0.1) is 0 Å². The van der Waals surface area contributed by atoms with E-state index in [0.29, 0.717) is 0 Å². The average molecular weight is 219 g/mol. The number of hydrogen-bond acceptors (Lipinski definition) is 4. The maximum absolute atomic E-state index is 4.57. The molecule has 78 valence electrons. The van der Waals surface area contributed by atoms with Crippen molar-refractivity contribution in [3.05, 3.63) is 28.2 Å². The van der Waals surface area contributed by atoms with Crippen LogP contribution >= 0.6 is 11.3 Å². The Morgan fingerprint density at radius 3 is 2.53 bits per heavy atom. The molecule has 1 N–H and O–H groups in total. The van der Waals surface area contributed by atoms with Gasteiger partial charge >= 0.3 is 0 Å². The van der Waals surface area contributed by atoms with E-state index in [1.165, 1.54) is 0 Å². The van der Waals surface area contributed by atoms with Crippen LogP contribution < -0.4 is 5.32 Å². The highest BCUT2D eigenvalue weighted by molar-refractivity contribution is 7.08. The van der Waals surface area contributed by atoms with Gasteiger partial charge in [0, 0.05) is 18.0 Å². The molecular weight excluding hydrogens is 206 g/mol. The molecule has 0 aliphatic heterocycles. The molecule has 0 amide bonds. The number of nitrogens with one attached hydrogen (secondary N) is 1. The van der Waals surface area contributed by atoms with Crippen molar-refractivity contribution in [2.45, 2.75) is 13.8 Å². The minimum Gasteiger partial charge on any atom is -0.371 e. The van der Waals surface area contributed by atoms with Crippen LogP contribution in [0.15, 0.2) is 16.8 Å². The fraction of sp³-hybridized carbons (Fsp3) is 0.273. The second kappa shape index (κ2) is 3.98. The zero-order valence-corrected chi connectivity index (χ0v) is 9.85. The highest BCUT2D eigenvalue weighted by Crippen LogP contribution is 2.26. The highest BCUT2D eigenvalue weighted by atomic mass is 32.1. The van der Waals surface area contributed by atoms with Crippen molar-refractivity contribution in [2.75, 3.05) is 12.4 Å². The Labute approximate surface area is 93.2 Å². The number of aromatic nitrogens is 2. The van der Waals surface area contributed by atoms with Gasteiger partial charge in [-0.3, -0.25) is 0 Å². The average Bonchev–Trinajstić information content (AvgIpc) is 2.74. The number of anilines is 1. The summed E-state index contributed by atoms with van der Waals surface area (Å²) in [6.07, 6.45) is 0. The Morgan fingerprint density at radius 1 is 1.20 bits per heavy atom. The highest BCUT2D eigenvalue weighted by Gasteiger charge is 2.09. The van der Waals surface area contributed by atoms with Crippen molar-refractivity contribution in [3.8, 4) is 11.3 Å². The summed E-state index contributed by atoms with van der Waals surface area (Å²) in [5.74, 6) is 0.844. The fourth-order valence-electron chi connectivity index (χ4n) is 1.38. The first-order valence-corrected chi connectivity index (χ1v) is 5.72. The number of rotatable bonds is 2. The van der Waals surface area contributed by atoms with E-state index >= 15 is 0 Å². The minimum absolute atomic E-state index is 0.844.